The summed E-state index contributed by atoms with van der Waals surface area (Å²) in [7, 11) is 1.49. The molecule has 2 rings (SSSR count). The lowest BCUT2D eigenvalue weighted by molar-refractivity contribution is -0.384. The Bertz CT molecular complexity index is 568. The molecule has 1 aliphatic carbocycles. The van der Waals surface area contributed by atoms with Crippen LogP contribution in [0.3, 0.4) is 0 Å². The van der Waals surface area contributed by atoms with Crippen LogP contribution in [-0.2, 0) is 11.3 Å². The summed E-state index contributed by atoms with van der Waals surface area (Å²) < 4.78 is 5.19. The van der Waals surface area contributed by atoms with E-state index in [1.807, 2.05) is 0 Å². The molecule has 0 radical (unpaired) electrons. The molecule has 128 valence electrons. The summed E-state index contributed by atoms with van der Waals surface area (Å²) in [6.07, 6.45) is 2.84. The zero-order valence-corrected chi connectivity index (χ0v) is 13.8. The zero-order chi connectivity index (χ0) is 16.1. The number of nitro groups is 1. The van der Waals surface area contributed by atoms with E-state index in [-0.39, 0.29) is 42.4 Å². The Hall–Kier alpha value is -1.86. The normalized spacial score (nSPS) is 19.7. The number of amides is 1. The Morgan fingerprint density at radius 2 is 2.22 bits per heavy atom. The van der Waals surface area contributed by atoms with Crippen molar-refractivity contribution in [3.8, 4) is 5.75 Å². The first-order valence-corrected chi connectivity index (χ1v) is 7.36. The van der Waals surface area contributed by atoms with E-state index in [2.05, 4.69) is 5.32 Å². The topological polar surface area (TPSA) is 107 Å². The highest BCUT2D eigenvalue weighted by atomic mass is 35.5. The largest absolute Gasteiger partial charge is 0.496 e. The van der Waals surface area contributed by atoms with Crippen molar-refractivity contribution in [1.29, 1.82) is 0 Å². The number of carbonyl (C=O) groups is 1. The first-order chi connectivity index (χ1) is 10.6. The maximum atomic E-state index is 12.3. The van der Waals surface area contributed by atoms with Gasteiger partial charge in [-0.15, -0.1) is 12.4 Å². The zero-order valence-electron chi connectivity index (χ0n) is 13.0. The lowest BCUT2D eigenvalue weighted by atomic mass is 9.95. The van der Waals surface area contributed by atoms with E-state index in [1.54, 1.807) is 0 Å². The number of ether oxygens (including phenoxy) is 1. The van der Waals surface area contributed by atoms with Crippen LogP contribution >= 0.6 is 12.4 Å². The van der Waals surface area contributed by atoms with Crippen LogP contribution in [0.25, 0.3) is 0 Å². The summed E-state index contributed by atoms with van der Waals surface area (Å²) in [5.41, 5.74) is 6.26. The van der Waals surface area contributed by atoms with Gasteiger partial charge in [0.05, 0.1) is 12.0 Å². The lowest BCUT2D eigenvalue weighted by Gasteiger charge is -2.18. The van der Waals surface area contributed by atoms with Crippen LogP contribution in [0, 0.1) is 22.0 Å². The molecule has 1 fully saturated rings. The van der Waals surface area contributed by atoms with Gasteiger partial charge < -0.3 is 15.8 Å². The first kappa shape index (κ1) is 19.2. The third-order valence-electron chi connectivity index (χ3n) is 4.23. The SMILES string of the molecule is COc1ccc([N+](=O)[O-])cc1CNC(=O)[C@@H]1CCC[C@@H]1CN.Cl. The van der Waals surface area contributed by atoms with E-state index >= 15 is 0 Å². The number of rotatable bonds is 6. The summed E-state index contributed by atoms with van der Waals surface area (Å²) in [5.74, 6) is 0.649. The van der Waals surface area contributed by atoms with Gasteiger partial charge >= 0.3 is 0 Å². The minimum atomic E-state index is -0.466. The van der Waals surface area contributed by atoms with Crippen molar-refractivity contribution in [1.82, 2.24) is 5.32 Å². The van der Waals surface area contributed by atoms with E-state index in [4.69, 9.17) is 10.5 Å². The van der Waals surface area contributed by atoms with Crippen molar-refractivity contribution in [2.24, 2.45) is 17.6 Å². The van der Waals surface area contributed by atoms with Crippen LogP contribution in [0.4, 0.5) is 5.69 Å². The fourth-order valence-electron chi connectivity index (χ4n) is 2.99. The van der Waals surface area contributed by atoms with Gasteiger partial charge in [0.1, 0.15) is 5.75 Å². The maximum Gasteiger partial charge on any atom is 0.270 e. The standard InChI is InChI=1S/C15H21N3O4.ClH/c1-22-14-6-5-12(18(20)21)7-11(14)9-17-15(19)13-4-2-3-10(13)8-16;/h5-7,10,13H,2-4,8-9,16H2,1H3,(H,17,19);1H/t10-,13-;/m1./s1. The minimum absolute atomic E-state index is 0. The molecule has 0 aromatic heterocycles. The number of nitro benzene ring substituents is 1. The number of nitrogens with two attached hydrogens (primary N) is 1. The maximum absolute atomic E-state index is 12.3. The Morgan fingerprint density at radius 1 is 1.48 bits per heavy atom. The van der Waals surface area contributed by atoms with Gasteiger partial charge in [-0.25, -0.2) is 0 Å². The highest BCUT2D eigenvalue weighted by Gasteiger charge is 2.31. The first-order valence-electron chi connectivity index (χ1n) is 7.36. The lowest BCUT2D eigenvalue weighted by Crippen LogP contribution is -2.34. The number of nitrogens with one attached hydrogen (secondary N) is 1. The monoisotopic (exact) mass is 343 g/mol. The molecular weight excluding hydrogens is 322 g/mol. The molecule has 1 aromatic rings. The molecule has 0 saturated heterocycles. The van der Waals surface area contributed by atoms with Crippen LogP contribution in [0.5, 0.6) is 5.75 Å². The Balaban J connectivity index is 0.00000264. The second kappa shape index (κ2) is 8.69. The summed E-state index contributed by atoms with van der Waals surface area (Å²) in [6.45, 7) is 0.718. The average molecular weight is 344 g/mol. The molecule has 1 saturated carbocycles. The van der Waals surface area contributed by atoms with E-state index < -0.39 is 4.92 Å². The molecule has 7 nitrogen and oxygen atoms in total. The molecule has 0 unspecified atom stereocenters. The summed E-state index contributed by atoms with van der Waals surface area (Å²) in [6, 6.07) is 4.34. The molecule has 23 heavy (non-hydrogen) atoms. The van der Waals surface area contributed by atoms with Crippen molar-refractivity contribution in [2.75, 3.05) is 13.7 Å². The van der Waals surface area contributed by atoms with Crippen LogP contribution in [0.2, 0.25) is 0 Å². The van der Waals surface area contributed by atoms with Crippen molar-refractivity contribution >= 4 is 24.0 Å². The van der Waals surface area contributed by atoms with Crippen LogP contribution in [-0.4, -0.2) is 24.5 Å². The molecule has 3 N–H and O–H groups in total. The summed E-state index contributed by atoms with van der Waals surface area (Å²) >= 11 is 0. The van der Waals surface area contributed by atoms with Crippen molar-refractivity contribution < 1.29 is 14.5 Å². The van der Waals surface area contributed by atoms with Crippen molar-refractivity contribution in [3.05, 3.63) is 33.9 Å². The predicted molar refractivity (Wildman–Crippen MR) is 88.6 cm³/mol. The number of hydrogen-bond acceptors (Lipinski definition) is 5. The van der Waals surface area contributed by atoms with E-state index in [9.17, 15) is 14.9 Å². The number of non-ortho nitro benzene ring substituents is 1. The van der Waals surface area contributed by atoms with Gasteiger partial charge in [-0.2, -0.15) is 0 Å². The number of benzene rings is 1. The number of nitrogens with zero attached hydrogens (tertiary/aromatic N) is 1. The molecule has 0 bridgehead atoms. The third-order valence-corrected chi connectivity index (χ3v) is 4.23. The smallest absolute Gasteiger partial charge is 0.270 e. The Labute approximate surface area is 141 Å². The van der Waals surface area contributed by atoms with Crippen LogP contribution in [0.15, 0.2) is 18.2 Å². The van der Waals surface area contributed by atoms with Crippen molar-refractivity contribution in [3.63, 3.8) is 0 Å². The molecule has 1 aromatic carbocycles. The van der Waals surface area contributed by atoms with Gasteiger partial charge in [0, 0.05) is 30.2 Å². The summed E-state index contributed by atoms with van der Waals surface area (Å²) in [4.78, 5) is 22.6. The second-order valence-corrected chi connectivity index (χ2v) is 5.50. The van der Waals surface area contributed by atoms with Gasteiger partial charge in [0.25, 0.3) is 5.69 Å². The van der Waals surface area contributed by atoms with Crippen molar-refractivity contribution in [2.45, 2.75) is 25.8 Å². The average Bonchev–Trinajstić information content (AvgIpc) is 3.00. The molecule has 0 heterocycles. The van der Waals surface area contributed by atoms with E-state index in [0.717, 1.165) is 19.3 Å². The van der Waals surface area contributed by atoms with Gasteiger partial charge in [0.15, 0.2) is 0 Å². The van der Waals surface area contributed by atoms with Crippen LogP contribution < -0.4 is 15.8 Å². The summed E-state index contributed by atoms with van der Waals surface area (Å²) in [5, 5.41) is 13.7. The molecule has 2 atom stereocenters. The quantitative estimate of drug-likeness (QED) is 0.607. The molecule has 0 spiro atoms. The Kier molecular flexibility index (Phi) is 7.25. The number of halogens is 1. The van der Waals surface area contributed by atoms with Gasteiger partial charge in [-0.1, -0.05) is 6.42 Å². The molecule has 8 heteroatoms. The highest BCUT2D eigenvalue weighted by Crippen LogP contribution is 2.31. The predicted octanol–water partition coefficient (Wildman–Crippen LogP) is 2.02. The molecular formula is C15H22ClN3O4. The van der Waals surface area contributed by atoms with Gasteiger partial charge in [-0.05, 0) is 31.4 Å². The highest BCUT2D eigenvalue weighted by molar-refractivity contribution is 5.85. The Morgan fingerprint density at radius 3 is 2.83 bits per heavy atom. The fourth-order valence-corrected chi connectivity index (χ4v) is 2.99. The van der Waals surface area contributed by atoms with Gasteiger partial charge in [-0.3, -0.25) is 14.9 Å². The second-order valence-electron chi connectivity index (χ2n) is 5.50. The van der Waals surface area contributed by atoms with Crippen LogP contribution in [0.1, 0.15) is 24.8 Å². The van der Waals surface area contributed by atoms with E-state index in [1.165, 1.54) is 25.3 Å². The molecule has 1 aliphatic rings. The third kappa shape index (κ3) is 4.56. The van der Waals surface area contributed by atoms with E-state index in [0.29, 0.717) is 17.9 Å². The number of methoxy groups -OCH3 is 1. The molecule has 0 aliphatic heterocycles. The fraction of sp³-hybridized carbons (Fsp3) is 0.533. The van der Waals surface area contributed by atoms with Gasteiger partial charge in [0.2, 0.25) is 5.91 Å². The molecule has 1 amide bonds. The minimum Gasteiger partial charge on any atom is -0.496 e. The number of carbonyl (C=O) groups excluding carboxylic acids is 1. The number of hydrogen-bond donors (Lipinski definition) is 2.